The number of benzene rings is 6. The summed E-state index contributed by atoms with van der Waals surface area (Å²) in [5.74, 6) is 0.740. The van der Waals surface area contributed by atoms with Gasteiger partial charge in [0.05, 0.1) is 11.2 Å². The fourth-order valence-electron chi connectivity index (χ4n) is 5.06. The minimum Gasteiger partial charge on any atom is -0.228 e. The Balaban J connectivity index is 1.31. The van der Waals surface area contributed by atoms with E-state index in [2.05, 4.69) is 121 Å². The molecule has 0 saturated carbocycles. The number of fused-ring (bicyclic) bond motifs is 2. The van der Waals surface area contributed by atoms with Crippen molar-refractivity contribution in [3.63, 3.8) is 0 Å². The van der Waals surface area contributed by atoms with Crippen LogP contribution in [-0.2, 0) is 0 Å². The lowest BCUT2D eigenvalue weighted by Crippen LogP contribution is -1.95. The van der Waals surface area contributed by atoms with Crippen molar-refractivity contribution in [2.45, 2.75) is 0 Å². The predicted octanol–water partition coefficient (Wildman–Crippen LogP) is 9.45. The summed E-state index contributed by atoms with van der Waals surface area (Å²) in [4.78, 5) is 9.98. The standard InChI is InChI=1S/C36H24N2/c1-3-10-28(11-4-1)35-33-24-32(21-22-34(33)37-36(38-35)29-12-5-2-6-13-29)27-17-15-26(16-18-27)31-20-19-25-9-7-8-14-30(25)23-31/h1-24H. The van der Waals surface area contributed by atoms with Gasteiger partial charge in [0.25, 0.3) is 0 Å². The van der Waals surface area contributed by atoms with Gasteiger partial charge in [0.15, 0.2) is 5.82 Å². The van der Waals surface area contributed by atoms with Crippen molar-refractivity contribution in [1.29, 1.82) is 0 Å². The van der Waals surface area contributed by atoms with E-state index in [0.717, 1.165) is 39.1 Å². The van der Waals surface area contributed by atoms with Crippen LogP contribution >= 0.6 is 0 Å². The third-order valence-electron chi connectivity index (χ3n) is 7.08. The summed E-state index contributed by atoms with van der Waals surface area (Å²) in [6, 6.07) is 51.0. The maximum Gasteiger partial charge on any atom is 0.160 e. The first kappa shape index (κ1) is 22.1. The minimum atomic E-state index is 0.740. The van der Waals surface area contributed by atoms with Crippen molar-refractivity contribution < 1.29 is 0 Å². The first-order chi connectivity index (χ1) is 18.8. The van der Waals surface area contributed by atoms with Gasteiger partial charge in [-0.3, -0.25) is 0 Å². The minimum absolute atomic E-state index is 0.740. The summed E-state index contributed by atoms with van der Waals surface area (Å²) in [6.45, 7) is 0. The van der Waals surface area contributed by atoms with E-state index < -0.39 is 0 Å². The highest BCUT2D eigenvalue weighted by molar-refractivity contribution is 5.96. The van der Waals surface area contributed by atoms with E-state index >= 15 is 0 Å². The molecule has 0 aliphatic carbocycles. The molecule has 0 bridgehead atoms. The van der Waals surface area contributed by atoms with Crippen LogP contribution in [0.4, 0.5) is 0 Å². The van der Waals surface area contributed by atoms with Crippen molar-refractivity contribution >= 4 is 21.7 Å². The summed E-state index contributed by atoms with van der Waals surface area (Å²) >= 11 is 0. The van der Waals surface area contributed by atoms with E-state index in [1.54, 1.807) is 0 Å². The number of nitrogens with zero attached hydrogens (tertiary/aromatic N) is 2. The molecular formula is C36H24N2. The van der Waals surface area contributed by atoms with E-state index in [0.29, 0.717) is 0 Å². The highest BCUT2D eigenvalue weighted by Crippen LogP contribution is 2.33. The molecule has 7 aromatic rings. The van der Waals surface area contributed by atoms with E-state index in [1.807, 2.05) is 24.3 Å². The van der Waals surface area contributed by atoms with Gasteiger partial charge in [-0.2, -0.15) is 0 Å². The van der Waals surface area contributed by atoms with E-state index in [4.69, 9.17) is 9.97 Å². The second-order valence-corrected chi connectivity index (χ2v) is 9.50. The number of aromatic nitrogens is 2. The van der Waals surface area contributed by atoms with Gasteiger partial charge in [0, 0.05) is 16.5 Å². The number of rotatable bonds is 4. The lowest BCUT2D eigenvalue weighted by atomic mass is 9.97. The zero-order chi connectivity index (χ0) is 25.3. The van der Waals surface area contributed by atoms with Gasteiger partial charge in [-0.25, -0.2) is 9.97 Å². The Morgan fingerprint density at radius 2 is 0.895 bits per heavy atom. The third kappa shape index (κ3) is 4.12. The van der Waals surface area contributed by atoms with Crippen molar-refractivity contribution in [1.82, 2.24) is 9.97 Å². The predicted molar refractivity (Wildman–Crippen MR) is 159 cm³/mol. The molecule has 7 rings (SSSR count). The zero-order valence-electron chi connectivity index (χ0n) is 20.8. The smallest absolute Gasteiger partial charge is 0.160 e. The molecule has 0 aliphatic rings. The fraction of sp³-hybridized carbons (Fsp3) is 0. The maximum absolute atomic E-state index is 5.04. The van der Waals surface area contributed by atoms with Crippen molar-refractivity contribution in [3.05, 3.63) is 146 Å². The van der Waals surface area contributed by atoms with Crippen molar-refractivity contribution in [2.24, 2.45) is 0 Å². The Bertz CT molecular complexity index is 1890. The highest BCUT2D eigenvalue weighted by atomic mass is 14.9. The van der Waals surface area contributed by atoms with Crippen LogP contribution in [0, 0.1) is 0 Å². The van der Waals surface area contributed by atoms with Gasteiger partial charge in [-0.15, -0.1) is 0 Å². The number of hydrogen-bond donors (Lipinski definition) is 0. The molecule has 0 radical (unpaired) electrons. The van der Waals surface area contributed by atoms with Crippen LogP contribution in [-0.4, -0.2) is 9.97 Å². The summed E-state index contributed by atoms with van der Waals surface area (Å²) in [6.07, 6.45) is 0. The molecular weight excluding hydrogens is 460 g/mol. The molecule has 178 valence electrons. The molecule has 38 heavy (non-hydrogen) atoms. The molecule has 0 unspecified atom stereocenters. The maximum atomic E-state index is 5.04. The lowest BCUT2D eigenvalue weighted by molar-refractivity contribution is 1.23. The first-order valence-electron chi connectivity index (χ1n) is 12.8. The van der Waals surface area contributed by atoms with Gasteiger partial charge in [-0.1, -0.05) is 127 Å². The lowest BCUT2D eigenvalue weighted by Gasteiger charge is -2.12. The van der Waals surface area contributed by atoms with Crippen molar-refractivity contribution in [2.75, 3.05) is 0 Å². The van der Waals surface area contributed by atoms with Gasteiger partial charge in [0.1, 0.15) is 0 Å². The van der Waals surface area contributed by atoms with Gasteiger partial charge in [-0.05, 0) is 51.2 Å². The molecule has 6 aromatic carbocycles. The van der Waals surface area contributed by atoms with Crippen LogP contribution in [0.25, 0.3) is 66.6 Å². The molecule has 0 aliphatic heterocycles. The third-order valence-corrected chi connectivity index (χ3v) is 7.08. The SMILES string of the molecule is c1ccc(-c2nc(-c3ccccc3)c3cc(-c4ccc(-c5ccc6ccccc6c5)cc4)ccc3n2)cc1. The van der Waals surface area contributed by atoms with Gasteiger partial charge < -0.3 is 0 Å². The zero-order valence-corrected chi connectivity index (χ0v) is 20.8. The Hall–Kier alpha value is -5.08. The fourth-order valence-corrected chi connectivity index (χ4v) is 5.06. The van der Waals surface area contributed by atoms with Crippen LogP contribution in [0.5, 0.6) is 0 Å². The average Bonchev–Trinajstić information content (AvgIpc) is 3.01. The highest BCUT2D eigenvalue weighted by Gasteiger charge is 2.13. The summed E-state index contributed by atoms with van der Waals surface area (Å²) in [5, 5.41) is 3.56. The largest absolute Gasteiger partial charge is 0.228 e. The second kappa shape index (κ2) is 9.42. The molecule has 1 heterocycles. The van der Waals surface area contributed by atoms with E-state index in [1.165, 1.54) is 27.5 Å². The Labute approximate surface area is 221 Å². The first-order valence-corrected chi connectivity index (χ1v) is 12.8. The molecule has 0 atom stereocenters. The summed E-state index contributed by atoms with van der Waals surface area (Å²) < 4.78 is 0. The molecule has 0 fully saturated rings. The van der Waals surface area contributed by atoms with Crippen LogP contribution < -0.4 is 0 Å². The summed E-state index contributed by atoms with van der Waals surface area (Å²) in [7, 11) is 0. The second-order valence-electron chi connectivity index (χ2n) is 9.50. The van der Waals surface area contributed by atoms with Crippen LogP contribution in [0.2, 0.25) is 0 Å². The van der Waals surface area contributed by atoms with Crippen LogP contribution in [0.1, 0.15) is 0 Å². The molecule has 0 spiro atoms. The van der Waals surface area contributed by atoms with Gasteiger partial charge >= 0.3 is 0 Å². The Morgan fingerprint density at radius 3 is 1.61 bits per heavy atom. The Morgan fingerprint density at radius 1 is 0.342 bits per heavy atom. The van der Waals surface area contributed by atoms with E-state index in [9.17, 15) is 0 Å². The molecule has 0 saturated heterocycles. The summed E-state index contributed by atoms with van der Waals surface area (Å²) in [5.41, 5.74) is 8.74. The van der Waals surface area contributed by atoms with E-state index in [-0.39, 0.29) is 0 Å². The Kier molecular flexibility index (Phi) is 5.49. The van der Waals surface area contributed by atoms with Gasteiger partial charge in [0.2, 0.25) is 0 Å². The molecule has 0 amide bonds. The normalized spacial score (nSPS) is 11.2. The average molecular weight is 485 g/mol. The monoisotopic (exact) mass is 484 g/mol. The van der Waals surface area contributed by atoms with Crippen LogP contribution in [0.3, 0.4) is 0 Å². The molecule has 1 aromatic heterocycles. The molecule has 0 N–H and O–H groups in total. The van der Waals surface area contributed by atoms with Crippen molar-refractivity contribution in [3.8, 4) is 44.9 Å². The van der Waals surface area contributed by atoms with Crippen LogP contribution in [0.15, 0.2) is 146 Å². The molecule has 2 heteroatoms. The topological polar surface area (TPSA) is 25.8 Å². The molecule has 2 nitrogen and oxygen atoms in total. The quantitative estimate of drug-likeness (QED) is 0.249. The number of hydrogen-bond acceptors (Lipinski definition) is 2.